The van der Waals surface area contributed by atoms with Gasteiger partial charge in [-0.25, -0.2) is 0 Å². The predicted molar refractivity (Wildman–Crippen MR) is 117 cm³/mol. The van der Waals surface area contributed by atoms with Gasteiger partial charge in [-0.15, -0.1) is 0 Å². The van der Waals surface area contributed by atoms with E-state index in [-0.39, 0.29) is 6.61 Å². The van der Waals surface area contributed by atoms with Gasteiger partial charge in [0.2, 0.25) is 0 Å². The molecule has 1 aromatic carbocycles. The zero-order chi connectivity index (χ0) is 20.4. The highest BCUT2D eigenvalue weighted by atomic mass is 16.5. The minimum absolute atomic E-state index is 0.237. The number of β-amino-alcohol motifs (C(OH)–C–C–N with tert-alkyl or cyclic N) is 1. The van der Waals surface area contributed by atoms with E-state index in [9.17, 15) is 5.11 Å². The molecule has 4 nitrogen and oxygen atoms in total. The van der Waals surface area contributed by atoms with Crippen LogP contribution >= 0.6 is 0 Å². The van der Waals surface area contributed by atoms with Crippen LogP contribution in [0.25, 0.3) is 0 Å². The highest BCUT2D eigenvalue weighted by Gasteiger charge is 2.27. The van der Waals surface area contributed by atoms with Crippen LogP contribution in [0.4, 0.5) is 0 Å². The molecule has 1 unspecified atom stereocenters. The Morgan fingerprint density at radius 3 is 2.39 bits per heavy atom. The van der Waals surface area contributed by atoms with Crippen molar-refractivity contribution in [1.29, 1.82) is 0 Å². The fourth-order valence-corrected chi connectivity index (χ4v) is 3.31. The van der Waals surface area contributed by atoms with E-state index in [4.69, 9.17) is 10.5 Å². The normalized spacial score (nSPS) is 20.5. The third kappa shape index (κ3) is 8.42. The van der Waals surface area contributed by atoms with Crippen molar-refractivity contribution < 1.29 is 9.84 Å². The van der Waals surface area contributed by atoms with Crippen LogP contribution in [0.2, 0.25) is 0 Å². The Morgan fingerprint density at radius 1 is 1.21 bits per heavy atom. The number of rotatable bonds is 8. The van der Waals surface area contributed by atoms with E-state index in [0.717, 1.165) is 31.8 Å². The molecule has 1 aliphatic heterocycles. The molecule has 28 heavy (non-hydrogen) atoms. The van der Waals surface area contributed by atoms with Crippen LogP contribution in [0.15, 0.2) is 67.5 Å². The number of nitrogens with two attached hydrogens (primary N) is 1. The molecule has 1 saturated heterocycles. The van der Waals surface area contributed by atoms with Gasteiger partial charge in [-0.05, 0) is 69.3 Å². The van der Waals surface area contributed by atoms with Gasteiger partial charge in [-0.1, -0.05) is 49.6 Å². The molecule has 3 N–H and O–H groups in total. The van der Waals surface area contributed by atoms with Crippen molar-refractivity contribution in [3.8, 4) is 0 Å². The lowest BCUT2D eigenvalue weighted by Crippen LogP contribution is -2.48. The van der Waals surface area contributed by atoms with Crippen molar-refractivity contribution in [1.82, 2.24) is 4.90 Å². The van der Waals surface area contributed by atoms with Crippen LogP contribution in [-0.4, -0.2) is 47.9 Å². The van der Waals surface area contributed by atoms with Crippen LogP contribution in [0, 0.1) is 0 Å². The number of allylic oxidation sites excluding steroid dienone is 3. The molecule has 2 aliphatic rings. The van der Waals surface area contributed by atoms with E-state index >= 15 is 0 Å². The molecular formula is C24H36N2O2. The Bertz CT molecular complexity index is 627. The van der Waals surface area contributed by atoms with Crippen molar-refractivity contribution in [2.45, 2.75) is 50.2 Å². The van der Waals surface area contributed by atoms with Gasteiger partial charge in [0.15, 0.2) is 0 Å². The van der Waals surface area contributed by atoms with Crippen LogP contribution in [-0.2, 0) is 4.74 Å². The van der Waals surface area contributed by atoms with Gasteiger partial charge in [0.05, 0.1) is 0 Å². The Morgan fingerprint density at radius 2 is 1.86 bits per heavy atom. The summed E-state index contributed by atoms with van der Waals surface area (Å²) < 4.78 is 5.53. The average molecular weight is 385 g/mol. The van der Waals surface area contributed by atoms with Gasteiger partial charge >= 0.3 is 0 Å². The summed E-state index contributed by atoms with van der Waals surface area (Å²) in [4.78, 5) is 2.23. The third-order valence-electron chi connectivity index (χ3n) is 5.08. The minimum atomic E-state index is -0.884. The smallest absolute Gasteiger partial charge is 0.118 e. The van der Waals surface area contributed by atoms with Crippen molar-refractivity contribution in [3.63, 3.8) is 0 Å². The second-order valence-corrected chi connectivity index (χ2v) is 8.09. The summed E-state index contributed by atoms with van der Waals surface area (Å²) in [5.41, 5.74) is 6.51. The zero-order valence-electron chi connectivity index (χ0n) is 17.2. The molecule has 2 fully saturated rings. The van der Waals surface area contributed by atoms with Gasteiger partial charge in [0.25, 0.3) is 0 Å². The Balaban J connectivity index is 0.000000255. The molecule has 3 rings (SSSR count). The van der Waals surface area contributed by atoms with E-state index in [0.29, 0.717) is 18.3 Å². The first-order chi connectivity index (χ1) is 13.4. The lowest BCUT2D eigenvalue weighted by atomic mass is 10.0. The van der Waals surface area contributed by atoms with Crippen LogP contribution < -0.4 is 5.73 Å². The van der Waals surface area contributed by atoms with Gasteiger partial charge in [0.1, 0.15) is 18.0 Å². The van der Waals surface area contributed by atoms with Gasteiger partial charge in [-0.3, -0.25) is 0 Å². The lowest BCUT2D eigenvalue weighted by Gasteiger charge is -2.35. The quantitative estimate of drug-likeness (QED) is 0.525. The number of benzene rings is 1. The summed E-state index contributed by atoms with van der Waals surface area (Å²) in [5.74, 6) is 1.53. The molecule has 1 heterocycles. The Labute approximate surface area is 170 Å². The van der Waals surface area contributed by atoms with E-state index < -0.39 is 5.60 Å². The molecule has 0 radical (unpaired) electrons. The molecule has 1 saturated carbocycles. The topological polar surface area (TPSA) is 58.7 Å². The number of ether oxygens (including phenoxy) is 1. The molecule has 4 heteroatoms. The first kappa shape index (κ1) is 22.4. The summed E-state index contributed by atoms with van der Waals surface area (Å²) in [5, 5.41) is 10.4. The highest BCUT2D eigenvalue weighted by molar-refractivity contribution is 5.23. The van der Waals surface area contributed by atoms with Gasteiger partial charge < -0.3 is 20.5 Å². The van der Waals surface area contributed by atoms with E-state index in [2.05, 4.69) is 48.4 Å². The zero-order valence-corrected chi connectivity index (χ0v) is 17.2. The molecule has 0 aromatic heterocycles. The number of piperidine rings is 1. The van der Waals surface area contributed by atoms with E-state index in [1.165, 1.54) is 18.4 Å². The van der Waals surface area contributed by atoms with E-state index in [1.54, 1.807) is 25.2 Å². The first-order valence-electron chi connectivity index (χ1n) is 10.3. The molecule has 154 valence electrons. The van der Waals surface area contributed by atoms with E-state index in [1.807, 2.05) is 0 Å². The number of likely N-dealkylation sites (tertiary alicyclic amines) is 1. The number of hydrogen-bond donors (Lipinski definition) is 2. The number of aliphatic hydroxyl groups is 1. The maximum absolute atomic E-state index is 10.4. The maximum atomic E-state index is 10.4. The standard InChI is InChI=1S/C15H26N2O2.C9H10/c1-4-6-14(5-2)19-12-15(3,18)11-17-9-7-13(16)8-10-17;1-2-4-8(5-3-1)9-6-7-9/h4-6,13,18H,1-2,7-12,16H2,3H3;1-5,9H,6-7H2/b14-6+;. The highest BCUT2D eigenvalue weighted by Crippen LogP contribution is 2.39. The monoisotopic (exact) mass is 384 g/mol. The molecule has 1 aromatic rings. The van der Waals surface area contributed by atoms with Gasteiger partial charge in [0, 0.05) is 12.6 Å². The largest absolute Gasteiger partial charge is 0.491 e. The maximum Gasteiger partial charge on any atom is 0.118 e. The Kier molecular flexibility index (Phi) is 8.97. The van der Waals surface area contributed by atoms with Crippen molar-refractivity contribution in [2.75, 3.05) is 26.2 Å². The molecule has 1 atom stereocenters. The van der Waals surface area contributed by atoms with Crippen LogP contribution in [0.5, 0.6) is 0 Å². The summed E-state index contributed by atoms with van der Waals surface area (Å²) in [6, 6.07) is 11.1. The van der Waals surface area contributed by atoms with Gasteiger partial charge in [-0.2, -0.15) is 0 Å². The molecule has 0 bridgehead atoms. The predicted octanol–water partition coefficient (Wildman–Crippen LogP) is 4.00. The summed E-state index contributed by atoms with van der Waals surface area (Å²) >= 11 is 0. The van der Waals surface area contributed by atoms with Crippen molar-refractivity contribution >= 4 is 0 Å². The number of nitrogens with zero attached hydrogens (tertiary/aromatic N) is 1. The number of hydrogen-bond acceptors (Lipinski definition) is 4. The first-order valence-corrected chi connectivity index (χ1v) is 10.3. The SMILES string of the molecule is C=C/C=C(\C=C)OCC(C)(O)CN1CCC(N)CC1.c1ccc(C2CC2)cc1. The summed E-state index contributed by atoms with van der Waals surface area (Å²) in [6.07, 6.45) is 9.77. The fraction of sp³-hybridized carbons (Fsp3) is 0.500. The van der Waals surface area contributed by atoms with Crippen LogP contribution in [0.1, 0.15) is 44.1 Å². The minimum Gasteiger partial charge on any atom is -0.491 e. The summed E-state index contributed by atoms with van der Waals surface area (Å²) in [6.45, 7) is 11.8. The molecule has 1 aliphatic carbocycles. The second kappa shape index (κ2) is 11.2. The molecular weight excluding hydrogens is 348 g/mol. The Hall–Kier alpha value is -1.88. The summed E-state index contributed by atoms with van der Waals surface area (Å²) in [7, 11) is 0. The second-order valence-electron chi connectivity index (χ2n) is 8.09. The molecule has 0 amide bonds. The fourth-order valence-electron chi connectivity index (χ4n) is 3.31. The third-order valence-corrected chi connectivity index (χ3v) is 5.08. The van der Waals surface area contributed by atoms with Crippen LogP contribution in [0.3, 0.4) is 0 Å². The van der Waals surface area contributed by atoms with Crippen molar-refractivity contribution in [3.05, 3.63) is 73.0 Å². The van der Waals surface area contributed by atoms with Crippen molar-refractivity contribution in [2.24, 2.45) is 5.73 Å². The average Bonchev–Trinajstić information content (AvgIpc) is 3.53. The lowest BCUT2D eigenvalue weighted by molar-refractivity contribution is -0.0375. The molecule has 0 spiro atoms.